The van der Waals surface area contributed by atoms with E-state index in [-0.39, 0.29) is 17.0 Å². The van der Waals surface area contributed by atoms with Crippen LogP contribution in [0.15, 0.2) is 91.0 Å². The van der Waals surface area contributed by atoms with Gasteiger partial charge in [-0.15, -0.1) is 0 Å². The van der Waals surface area contributed by atoms with Gasteiger partial charge in [0.05, 0.1) is 38.4 Å². The molecule has 3 unspecified atom stereocenters. The summed E-state index contributed by atoms with van der Waals surface area (Å²) in [4.78, 5) is 0. The smallest absolute Gasteiger partial charge is 0.107 e. The zero-order valence-corrected chi connectivity index (χ0v) is 22.8. The highest BCUT2D eigenvalue weighted by Crippen LogP contribution is 2.48. The number of fused-ring (bicyclic) bond motifs is 2. The maximum atomic E-state index is 10.6. The van der Waals surface area contributed by atoms with Crippen molar-refractivity contribution in [1.82, 2.24) is 0 Å². The molecule has 0 N–H and O–H groups in total. The van der Waals surface area contributed by atoms with Crippen LogP contribution in [0.25, 0.3) is 0 Å². The molecule has 2 bridgehead atoms. The molecule has 2 aliphatic heterocycles. The SMILES string of the molecule is C[N+]1(CCOCc2ccccc2)C2CC[C@H]1CC(CC(C#N)(c1ccccc1)c1ccccc1)C2.[Br-]. The van der Waals surface area contributed by atoms with Crippen LogP contribution >= 0.6 is 0 Å². The molecule has 4 atom stereocenters. The van der Waals surface area contributed by atoms with Crippen LogP contribution < -0.4 is 17.0 Å². The van der Waals surface area contributed by atoms with Crippen molar-refractivity contribution < 1.29 is 26.2 Å². The van der Waals surface area contributed by atoms with Crippen LogP contribution in [0.4, 0.5) is 0 Å². The lowest BCUT2D eigenvalue weighted by atomic mass is 9.67. The Bertz CT molecular complexity index is 1080. The molecule has 0 aromatic heterocycles. The first-order valence-electron chi connectivity index (χ1n) is 13.1. The molecule has 5 rings (SSSR count). The molecule has 0 aliphatic carbocycles. The molecule has 188 valence electrons. The molecule has 2 saturated heterocycles. The minimum atomic E-state index is -0.591. The third-order valence-corrected chi connectivity index (χ3v) is 8.86. The van der Waals surface area contributed by atoms with Gasteiger partial charge < -0.3 is 26.2 Å². The summed E-state index contributed by atoms with van der Waals surface area (Å²) in [5, 5.41) is 10.6. The normalized spacial score (nSPS) is 25.1. The number of hydrogen-bond acceptors (Lipinski definition) is 2. The summed E-state index contributed by atoms with van der Waals surface area (Å²) in [6.45, 7) is 2.58. The van der Waals surface area contributed by atoms with Gasteiger partial charge in [-0.25, -0.2) is 0 Å². The van der Waals surface area contributed by atoms with Crippen LogP contribution in [0, 0.1) is 17.2 Å². The van der Waals surface area contributed by atoms with Crippen molar-refractivity contribution in [2.75, 3.05) is 20.2 Å². The molecule has 3 aromatic carbocycles. The van der Waals surface area contributed by atoms with Gasteiger partial charge in [0.2, 0.25) is 0 Å². The highest BCUT2D eigenvalue weighted by molar-refractivity contribution is 5.46. The minimum absolute atomic E-state index is 0. The van der Waals surface area contributed by atoms with Crippen LogP contribution in [-0.4, -0.2) is 36.8 Å². The van der Waals surface area contributed by atoms with E-state index < -0.39 is 5.41 Å². The second-order valence-corrected chi connectivity index (χ2v) is 10.8. The Kier molecular flexibility index (Phi) is 8.67. The van der Waals surface area contributed by atoms with Gasteiger partial charge >= 0.3 is 0 Å². The third kappa shape index (κ3) is 5.30. The fourth-order valence-electron chi connectivity index (χ4n) is 6.87. The van der Waals surface area contributed by atoms with Crippen molar-refractivity contribution in [2.45, 2.75) is 56.2 Å². The Morgan fingerprint density at radius 3 is 1.83 bits per heavy atom. The van der Waals surface area contributed by atoms with Gasteiger partial charge in [-0.05, 0) is 29.0 Å². The monoisotopic (exact) mass is 544 g/mol. The Morgan fingerprint density at radius 2 is 1.33 bits per heavy atom. The first-order valence-corrected chi connectivity index (χ1v) is 13.1. The molecule has 36 heavy (non-hydrogen) atoms. The summed E-state index contributed by atoms with van der Waals surface area (Å²) in [6, 6.07) is 35.5. The summed E-state index contributed by atoms with van der Waals surface area (Å²) in [5.41, 5.74) is 2.90. The molecule has 0 spiro atoms. The third-order valence-electron chi connectivity index (χ3n) is 8.86. The van der Waals surface area contributed by atoms with E-state index in [4.69, 9.17) is 4.74 Å². The van der Waals surface area contributed by atoms with Crippen molar-refractivity contribution in [3.05, 3.63) is 108 Å². The second kappa shape index (κ2) is 11.7. The van der Waals surface area contributed by atoms with Crippen molar-refractivity contribution in [2.24, 2.45) is 5.92 Å². The van der Waals surface area contributed by atoms with Crippen LogP contribution in [0.5, 0.6) is 0 Å². The van der Waals surface area contributed by atoms with Crippen LogP contribution in [0.2, 0.25) is 0 Å². The minimum Gasteiger partial charge on any atom is -1.00 e. The topological polar surface area (TPSA) is 33.0 Å². The predicted molar refractivity (Wildman–Crippen MR) is 141 cm³/mol. The number of rotatable bonds is 9. The van der Waals surface area contributed by atoms with Crippen LogP contribution in [-0.2, 0) is 16.8 Å². The van der Waals surface area contributed by atoms with Crippen LogP contribution in [0.1, 0.15) is 48.8 Å². The zero-order valence-electron chi connectivity index (χ0n) is 21.2. The molecule has 2 fully saturated rings. The fraction of sp³-hybridized carbons (Fsp3) is 0.406. The number of ether oxygens (including phenoxy) is 1. The van der Waals surface area contributed by atoms with Crippen molar-refractivity contribution in [3.8, 4) is 6.07 Å². The second-order valence-electron chi connectivity index (χ2n) is 10.8. The van der Waals surface area contributed by atoms with E-state index in [1.807, 2.05) is 18.2 Å². The van der Waals surface area contributed by atoms with Gasteiger partial charge in [-0.1, -0.05) is 91.0 Å². The number of benzene rings is 3. The zero-order chi connectivity index (χ0) is 24.1. The number of nitrogens with zero attached hydrogens (tertiary/aromatic N) is 2. The van der Waals surface area contributed by atoms with Gasteiger partial charge in [0, 0.05) is 25.7 Å². The molecule has 4 heteroatoms. The summed E-state index contributed by atoms with van der Waals surface area (Å²) in [6.07, 6.45) is 5.90. The first kappa shape index (κ1) is 26.6. The molecule has 2 heterocycles. The Balaban J connectivity index is 0.00000304. The molecule has 3 nitrogen and oxygen atoms in total. The number of quaternary nitrogens is 1. The lowest BCUT2D eigenvalue weighted by Gasteiger charge is -2.48. The van der Waals surface area contributed by atoms with Gasteiger partial charge in [-0.3, -0.25) is 0 Å². The highest BCUT2D eigenvalue weighted by Gasteiger charge is 2.52. The van der Waals surface area contributed by atoms with Gasteiger partial charge in [0.25, 0.3) is 0 Å². The fourth-order valence-corrected chi connectivity index (χ4v) is 6.87. The Morgan fingerprint density at radius 1 is 0.833 bits per heavy atom. The summed E-state index contributed by atoms with van der Waals surface area (Å²) in [5.74, 6) is 0.559. The van der Waals surface area contributed by atoms with Crippen molar-refractivity contribution in [3.63, 3.8) is 0 Å². The van der Waals surface area contributed by atoms with Crippen molar-refractivity contribution in [1.29, 1.82) is 5.26 Å². The maximum Gasteiger partial charge on any atom is 0.107 e. The van der Waals surface area contributed by atoms with Gasteiger partial charge in [0.1, 0.15) is 12.0 Å². The van der Waals surface area contributed by atoms with Crippen molar-refractivity contribution >= 4 is 0 Å². The molecule has 2 aliphatic rings. The van der Waals surface area contributed by atoms with E-state index in [0.29, 0.717) is 24.6 Å². The Hall–Kier alpha value is -2.45. The van der Waals surface area contributed by atoms with E-state index in [9.17, 15) is 5.26 Å². The maximum absolute atomic E-state index is 10.6. The Labute approximate surface area is 227 Å². The summed E-state index contributed by atoms with van der Waals surface area (Å²) >= 11 is 0. The number of likely N-dealkylation sites (N-methyl/N-ethyl adjacent to an activating group) is 1. The van der Waals surface area contributed by atoms with Gasteiger partial charge in [-0.2, -0.15) is 5.26 Å². The number of hydrogen-bond donors (Lipinski definition) is 0. The molecular weight excluding hydrogens is 508 g/mol. The van der Waals surface area contributed by atoms with E-state index in [0.717, 1.165) is 35.2 Å². The van der Waals surface area contributed by atoms with E-state index >= 15 is 0 Å². The summed E-state index contributed by atoms with van der Waals surface area (Å²) in [7, 11) is 2.45. The summed E-state index contributed by atoms with van der Waals surface area (Å²) < 4.78 is 7.23. The number of piperidine rings is 1. The molecule has 3 aromatic rings. The van der Waals surface area contributed by atoms with Crippen LogP contribution in [0.3, 0.4) is 0 Å². The highest BCUT2D eigenvalue weighted by atomic mass is 79.9. The molecule has 0 amide bonds. The first-order chi connectivity index (χ1) is 17.1. The van der Waals surface area contributed by atoms with E-state index in [1.165, 1.54) is 31.2 Å². The largest absolute Gasteiger partial charge is 1.00 e. The average Bonchev–Trinajstić information content (AvgIpc) is 3.07. The average molecular weight is 546 g/mol. The lowest BCUT2D eigenvalue weighted by Crippen LogP contribution is -3.00. The number of nitriles is 1. The lowest BCUT2D eigenvalue weighted by molar-refractivity contribution is -0.949. The standard InChI is InChI=1S/C32H37N2O.BrH/c1-34(19-20-35-24-26-11-5-2-6-12-26)30-17-18-31(34)22-27(21-30)23-32(25-33,28-13-7-3-8-14-28)29-15-9-4-10-16-29;/h2-16,27,30-31H,17-24H2,1H3;1H/q+1;/p-1/t27?,30-,31?,34?;/m0./s1. The molecular formula is C32H37BrN2O. The number of halogens is 1. The van der Waals surface area contributed by atoms with E-state index in [2.05, 4.69) is 85.9 Å². The molecule has 0 saturated carbocycles. The van der Waals surface area contributed by atoms with Gasteiger partial charge in [0.15, 0.2) is 0 Å². The quantitative estimate of drug-likeness (QED) is 0.305. The predicted octanol–water partition coefficient (Wildman–Crippen LogP) is 3.49. The molecule has 0 radical (unpaired) electrons. The van der Waals surface area contributed by atoms with E-state index in [1.54, 1.807) is 0 Å².